The summed E-state index contributed by atoms with van der Waals surface area (Å²) >= 11 is 0. The molecule has 1 aliphatic carbocycles. The predicted molar refractivity (Wildman–Crippen MR) is 243 cm³/mol. The number of fused-ring (bicyclic) bond motifs is 10. The van der Waals surface area contributed by atoms with E-state index in [-0.39, 0.29) is 23.4 Å². The second kappa shape index (κ2) is 12.3. The molecule has 1 aromatic heterocycles. The van der Waals surface area contributed by atoms with Crippen molar-refractivity contribution in [2.24, 2.45) is 0 Å². The third kappa shape index (κ3) is 4.73. The molecule has 2 aliphatic heterocycles. The molecule has 0 spiro atoms. The fourth-order valence-corrected chi connectivity index (χ4v) is 10.3. The van der Waals surface area contributed by atoms with Crippen molar-refractivity contribution in [3.05, 3.63) is 180 Å². The summed E-state index contributed by atoms with van der Waals surface area (Å²) in [5.74, 6) is -0.244. The van der Waals surface area contributed by atoms with Gasteiger partial charge in [-0.3, -0.25) is 0 Å². The maximum absolute atomic E-state index is 14.7. The molecule has 0 N–H and O–H groups in total. The van der Waals surface area contributed by atoms with E-state index in [1.807, 2.05) is 12.1 Å². The van der Waals surface area contributed by atoms with Crippen molar-refractivity contribution in [2.75, 3.05) is 9.80 Å². The molecule has 0 saturated heterocycles. The Morgan fingerprint density at radius 3 is 2.02 bits per heavy atom. The van der Waals surface area contributed by atoms with Gasteiger partial charge in [0, 0.05) is 50.5 Å². The molecule has 3 nitrogen and oxygen atoms in total. The first-order valence-corrected chi connectivity index (χ1v) is 20.7. The van der Waals surface area contributed by atoms with Crippen molar-refractivity contribution in [3.8, 4) is 16.8 Å². The summed E-state index contributed by atoms with van der Waals surface area (Å²) < 4.78 is 17.2. The van der Waals surface area contributed by atoms with Crippen LogP contribution >= 0.6 is 0 Å². The summed E-state index contributed by atoms with van der Waals surface area (Å²) in [7, 11) is 0. The smallest absolute Gasteiger partial charge is 0.274 e. The van der Waals surface area contributed by atoms with E-state index in [0.717, 1.165) is 40.5 Å². The summed E-state index contributed by atoms with van der Waals surface area (Å²) in [6.45, 7) is 13.8. The van der Waals surface area contributed by atoms with Gasteiger partial charge in [0.05, 0.1) is 11.2 Å². The van der Waals surface area contributed by atoms with Gasteiger partial charge in [-0.15, -0.1) is 0 Å². The zero-order valence-electron chi connectivity index (χ0n) is 33.9. The lowest BCUT2D eigenvalue weighted by Crippen LogP contribution is -2.63. The Bertz CT molecular complexity index is 2960. The first-order chi connectivity index (χ1) is 28.1. The Balaban J connectivity index is 1.32. The fraction of sp³-hybridized carbons (Fsp3) is 0.170. The number of nitrogens with zero attached hydrogens (tertiary/aromatic N) is 3. The van der Waals surface area contributed by atoms with Gasteiger partial charge in [0.2, 0.25) is 0 Å². The highest BCUT2D eigenvalue weighted by Gasteiger charge is 2.50. The topological polar surface area (TPSA) is 11.4 Å². The largest absolute Gasteiger partial charge is 0.319 e. The van der Waals surface area contributed by atoms with Crippen LogP contribution in [0.25, 0.3) is 27.7 Å². The Hall–Kier alpha value is -6.33. The molecule has 0 saturated carbocycles. The van der Waals surface area contributed by atoms with Crippen molar-refractivity contribution in [1.29, 1.82) is 0 Å². The van der Waals surface area contributed by atoms with E-state index in [0.29, 0.717) is 0 Å². The number of para-hydroxylation sites is 2. The Morgan fingerprint density at radius 1 is 0.621 bits per heavy atom. The maximum atomic E-state index is 14.7. The van der Waals surface area contributed by atoms with Crippen LogP contribution in [0.4, 0.5) is 38.5 Å². The summed E-state index contributed by atoms with van der Waals surface area (Å²) in [5, 5.41) is 1.21. The van der Waals surface area contributed by atoms with Crippen LogP contribution in [0.2, 0.25) is 0 Å². The lowest BCUT2D eigenvalue weighted by molar-refractivity contribution is 0.504. The van der Waals surface area contributed by atoms with E-state index in [1.165, 1.54) is 66.5 Å². The first-order valence-electron chi connectivity index (χ1n) is 20.7. The second-order valence-corrected chi connectivity index (χ2v) is 17.6. The van der Waals surface area contributed by atoms with Gasteiger partial charge in [0.25, 0.3) is 6.71 Å². The van der Waals surface area contributed by atoms with Gasteiger partial charge in [0.1, 0.15) is 5.82 Å². The maximum Gasteiger partial charge on any atom is 0.274 e. The highest BCUT2D eigenvalue weighted by molar-refractivity contribution is 7.01. The summed E-state index contributed by atoms with van der Waals surface area (Å²) in [6.07, 6.45) is 1.06. The minimum absolute atomic E-state index is 0.0564. The second-order valence-electron chi connectivity index (χ2n) is 17.6. The Morgan fingerprint density at radius 2 is 1.28 bits per heavy atom. The van der Waals surface area contributed by atoms with Crippen LogP contribution in [-0.2, 0) is 10.8 Å². The Kier molecular flexibility index (Phi) is 7.42. The molecular formula is C53H45BFN3. The van der Waals surface area contributed by atoms with Gasteiger partial charge in [-0.2, -0.15) is 0 Å². The molecule has 0 amide bonds. The number of hydrogen-bond donors (Lipinski definition) is 0. The molecule has 7 aromatic carbocycles. The van der Waals surface area contributed by atoms with Crippen molar-refractivity contribution in [2.45, 2.75) is 58.8 Å². The lowest BCUT2D eigenvalue weighted by atomic mass is 9.34. The van der Waals surface area contributed by atoms with Crippen molar-refractivity contribution < 1.29 is 4.39 Å². The molecule has 0 radical (unpaired) electrons. The average molecular weight is 754 g/mol. The SMILES string of the molecule is CCC(C)(C)c1ccc2c(c1)C(C)(C)c1ccc3c(c1-2)B1c2c(cccc2N(c2ccc(C)cc2)c2c1n(-c1ccccc1)c1ccccc21)N3c1ccc(F)cc1. The van der Waals surface area contributed by atoms with Gasteiger partial charge in [-0.25, -0.2) is 4.39 Å². The quantitative estimate of drug-likeness (QED) is 0.162. The van der Waals surface area contributed by atoms with Gasteiger partial charge >= 0.3 is 0 Å². The van der Waals surface area contributed by atoms with Crippen LogP contribution in [0.5, 0.6) is 0 Å². The fourth-order valence-electron chi connectivity index (χ4n) is 10.3. The summed E-state index contributed by atoms with van der Waals surface area (Å²) in [5.41, 5.74) is 20.5. The molecule has 0 atom stereocenters. The molecular weight excluding hydrogens is 708 g/mol. The van der Waals surface area contributed by atoms with Crippen molar-refractivity contribution in [1.82, 2.24) is 4.57 Å². The van der Waals surface area contributed by atoms with Crippen LogP contribution < -0.4 is 26.3 Å². The molecule has 282 valence electrons. The average Bonchev–Trinajstić information content (AvgIpc) is 3.70. The number of halogens is 1. The third-order valence-electron chi connectivity index (χ3n) is 13.7. The van der Waals surface area contributed by atoms with E-state index < -0.39 is 0 Å². The van der Waals surface area contributed by atoms with Crippen molar-refractivity contribution in [3.63, 3.8) is 0 Å². The van der Waals surface area contributed by atoms with Crippen LogP contribution in [0.1, 0.15) is 63.3 Å². The third-order valence-corrected chi connectivity index (χ3v) is 13.7. The Labute approximate surface area is 341 Å². The normalized spacial score (nSPS) is 14.6. The zero-order chi connectivity index (χ0) is 39.7. The standard InChI is InChI=1S/C53H45BFN3/c1-7-52(3,4)34-22-29-39-42(32-34)53(5,6)41-30-31-46-49(47(39)41)54-48-44(56(46)37-27-23-35(55)24-28-37)18-13-19-45(48)57(38-25-20-33(2)21-26-38)50-40-16-11-12-17-43(40)58(51(50)54)36-14-9-8-10-15-36/h8-32H,7H2,1-6H3. The number of anilines is 6. The minimum atomic E-state index is -0.244. The van der Waals surface area contributed by atoms with E-state index in [1.54, 1.807) is 12.1 Å². The van der Waals surface area contributed by atoms with Crippen LogP contribution in [0, 0.1) is 12.7 Å². The molecule has 0 unspecified atom stereocenters. The van der Waals surface area contributed by atoms with E-state index in [4.69, 9.17) is 0 Å². The van der Waals surface area contributed by atoms with Gasteiger partial charge in [-0.1, -0.05) is 119 Å². The van der Waals surface area contributed by atoms with E-state index in [9.17, 15) is 4.39 Å². The number of hydrogen-bond acceptors (Lipinski definition) is 2. The minimum Gasteiger partial charge on any atom is -0.319 e. The molecule has 8 aromatic rings. The first kappa shape index (κ1) is 34.9. The highest BCUT2D eigenvalue weighted by atomic mass is 19.1. The highest BCUT2D eigenvalue weighted by Crippen LogP contribution is 2.53. The molecule has 0 bridgehead atoms. The van der Waals surface area contributed by atoms with E-state index in [2.05, 4.69) is 183 Å². The van der Waals surface area contributed by atoms with Crippen LogP contribution in [-0.4, -0.2) is 11.3 Å². The van der Waals surface area contributed by atoms with Gasteiger partial charge in [-0.05, 0) is 130 Å². The number of aromatic nitrogens is 1. The predicted octanol–water partition coefficient (Wildman–Crippen LogP) is 12.2. The van der Waals surface area contributed by atoms with Gasteiger partial charge < -0.3 is 14.4 Å². The molecule has 58 heavy (non-hydrogen) atoms. The monoisotopic (exact) mass is 753 g/mol. The summed E-state index contributed by atoms with van der Waals surface area (Å²) in [6, 6.07) is 54.5. The molecule has 11 rings (SSSR count). The zero-order valence-corrected chi connectivity index (χ0v) is 33.9. The molecule has 5 heteroatoms. The van der Waals surface area contributed by atoms with Gasteiger partial charge in [0.15, 0.2) is 0 Å². The summed E-state index contributed by atoms with van der Waals surface area (Å²) in [4.78, 5) is 4.89. The molecule has 3 aliphatic rings. The van der Waals surface area contributed by atoms with Crippen LogP contribution in [0.15, 0.2) is 152 Å². The van der Waals surface area contributed by atoms with Crippen molar-refractivity contribution >= 4 is 68.3 Å². The molecule has 3 heterocycles. The lowest BCUT2D eigenvalue weighted by Gasteiger charge is -2.44. The van der Waals surface area contributed by atoms with Crippen LogP contribution in [0.3, 0.4) is 0 Å². The molecule has 0 fully saturated rings. The number of benzene rings is 7. The number of aryl methyl sites for hydroxylation is 1. The van der Waals surface area contributed by atoms with E-state index >= 15 is 0 Å². The number of rotatable bonds is 5.